The summed E-state index contributed by atoms with van der Waals surface area (Å²) in [5, 5.41) is 6.76. The molecule has 0 radical (unpaired) electrons. The fourth-order valence-electron chi connectivity index (χ4n) is 3.80. The van der Waals surface area contributed by atoms with E-state index in [0.717, 1.165) is 45.0 Å². The molecule has 32 heavy (non-hydrogen) atoms. The van der Waals surface area contributed by atoms with E-state index in [2.05, 4.69) is 56.6 Å². The maximum atomic E-state index is 5.39. The van der Waals surface area contributed by atoms with Gasteiger partial charge in [-0.2, -0.15) is 0 Å². The number of hydrogen-bond acceptors (Lipinski definition) is 5. The van der Waals surface area contributed by atoms with Gasteiger partial charge < -0.3 is 25.0 Å². The molecule has 0 unspecified atom stereocenters. The molecule has 176 valence electrons. The Hall–Kier alpha value is -2.04. The van der Waals surface area contributed by atoms with Crippen molar-refractivity contribution in [2.24, 2.45) is 4.99 Å². The summed E-state index contributed by atoms with van der Waals surface area (Å²) < 4.78 is 10.7. The molecular formula is C24H36IN5O2. The molecule has 0 spiro atoms. The molecule has 0 aromatic heterocycles. The van der Waals surface area contributed by atoms with E-state index in [4.69, 9.17) is 9.47 Å². The standard InChI is InChI=1S/C24H35N5O2.HI/c1-5-28-12-14-29(15-13-28)18-20-9-7-6-8-19(20)17-26-24(25-2)27-21-10-11-22(30-3)23(16-21)31-4;/h6-11,16H,5,12-15,17-18H2,1-4H3,(H2,25,26,27);1H. The van der Waals surface area contributed by atoms with Crippen molar-refractivity contribution in [2.45, 2.75) is 20.0 Å². The fourth-order valence-corrected chi connectivity index (χ4v) is 3.80. The maximum absolute atomic E-state index is 5.39. The first-order chi connectivity index (χ1) is 15.2. The van der Waals surface area contributed by atoms with E-state index in [1.54, 1.807) is 21.3 Å². The Morgan fingerprint density at radius 3 is 2.22 bits per heavy atom. The minimum atomic E-state index is 0. The zero-order valence-electron chi connectivity index (χ0n) is 19.6. The predicted molar refractivity (Wildman–Crippen MR) is 143 cm³/mol. The summed E-state index contributed by atoms with van der Waals surface area (Å²) in [5.74, 6) is 2.08. The largest absolute Gasteiger partial charge is 0.493 e. The van der Waals surface area contributed by atoms with Crippen LogP contribution < -0.4 is 20.1 Å². The number of piperazine rings is 1. The van der Waals surface area contributed by atoms with E-state index < -0.39 is 0 Å². The molecule has 0 atom stereocenters. The van der Waals surface area contributed by atoms with Crippen molar-refractivity contribution >= 4 is 35.6 Å². The monoisotopic (exact) mass is 553 g/mol. The summed E-state index contributed by atoms with van der Waals surface area (Å²) in [6.45, 7) is 9.61. The van der Waals surface area contributed by atoms with Gasteiger partial charge in [0.1, 0.15) is 0 Å². The fraction of sp³-hybridized carbons (Fsp3) is 0.458. The average molecular weight is 553 g/mol. The van der Waals surface area contributed by atoms with Gasteiger partial charge in [-0.25, -0.2) is 0 Å². The quantitative estimate of drug-likeness (QED) is 0.296. The Morgan fingerprint density at radius 1 is 0.938 bits per heavy atom. The molecule has 2 aromatic carbocycles. The third-order valence-electron chi connectivity index (χ3n) is 5.74. The highest BCUT2D eigenvalue weighted by atomic mass is 127. The van der Waals surface area contributed by atoms with Crippen LogP contribution in [0.1, 0.15) is 18.1 Å². The number of benzene rings is 2. The number of anilines is 1. The molecule has 0 aliphatic carbocycles. The SMILES string of the molecule is CCN1CCN(Cc2ccccc2CNC(=NC)Nc2ccc(OC)c(OC)c2)CC1.I. The van der Waals surface area contributed by atoms with Gasteiger partial charge in [0.15, 0.2) is 17.5 Å². The lowest BCUT2D eigenvalue weighted by atomic mass is 10.1. The summed E-state index contributed by atoms with van der Waals surface area (Å²) in [4.78, 5) is 9.42. The number of aliphatic imine (C=N–C) groups is 1. The van der Waals surface area contributed by atoms with E-state index in [1.807, 2.05) is 18.2 Å². The minimum Gasteiger partial charge on any atom is -0.493 e. The van der Waals surface area contributed by atoms with Crippen LogP contribution in [0.3, 0.4) is 0 Å². The van der Waals surface area contributed by atoms with Gasteiger partial charge in [-0.15, -0.1) is 24.0 Å². The van der Waals surface area contributed by atoms with E-state index >= 15 is 0 Å². The molecule has 1 heterocycles. The second-order valence-corrected chi connectivity index (χ2v) is 7.60. The highest BCUT2D eigenvalue weighted by molar-refractivity contribution is 14.0. The molecule has 0 saturated carbocycles. The summed E-state index contributed by atoms with van der Waals surface area (Å²) in [5.41, 5.74) is 3.53. The van der Waals surface area contributed by atoms with Crippen LogP contribution in [0.2, 0.25) is 0 Å². The third-order valence-corrected chi connectivity index (χ3v) is 5.74. The zero-order chi connectivity index (χ0) is 22.1. The lowest BCUT2D eigenvalue weighted by molar-refractivity contribution is 0.131. The van der Waals surface area contributed by atoms with Gasteiger partial charge >= 0.3 is 0 Å². The van der Waals surface area contributed by atoms with E-state index in [0.29, 0.717) is 24.0 Å². The summed E-state index contributed by atoms with van der Waals surface area (Å²) in [7, 11) is 5.04. The number of nitrogens with one attached hydrogen (secondary N) is 2. The Morgan fingerprint density at radius 2 is 1.59 bits per heavy atom. The lowest BCUT2D eigenvalue weighted by Crippen LogP contribution is -2.45. The molecule has 0 bridgehead atoms. The second-order valence-electron chi connectivity index (χ2n) is 7.60. The van der Waals surface area contributed by atoms with Crippen LogP contribution in [0, 0.1) is 0 Å². The topological polar surface area (TPSA) is 61.4 Å². The van der Waals surface area contributed by atoms with Crippen LogP contribution in [-0.2, 0) is 13.1 Å². The van der Waals surface area contributed by atoms with Gasteiger partial charge in [0.2, 0.25) is 0 Å². The Balaban J connectivity index is 0.00000363. The molecule has 2 N–H and O–H groups in total. The molecule has 8 heteroatoms. The molecule has 0 amide bonds. The first-order valence-electron chi connectivity index (χ1n) is 10.9. The highest BCUT2D eigenvalue weighted by Crippen LogP contribution is 2.29. The number of guanidine groups is 1. The van der Waals surface area contributed by atoms with Crippen molar-refractivity contribution < 1.29 is 9.47 Å². The van der Waals surface area contributed by atoms with Gasteiger partial charge in [0.05, 0.1) is 14.2 Å². The van der Waals surface area contributed by atoms with Crippen molar-refractivity contribution in [1.29, 1.82) is 0 Å². The molecule has 1 fully saturated rings. The number of nitrogens with zero attached hydrogens (tertiary/aromatic N) is 3. The molecule has 1 aliphatic heterocycles. The van der Waals surface area contributed by atoms with Crippen molar-refractivity contribution in [3.05, 3.63) is 53.6 Å². The van der Waals surface area contributed by atoms with Crippen LogP contribution in [0.15, 0.2) is 47.5 Å². The highest BCUT2D eigenvalue weighted by Gasteiger charge is 2.16. The van der Waals surface area contributed by atoms with Crippen molar-refractivity contribution in [2.75, 3.05) is 59.3 Å². The van der Waals surface area contributed by atoms with Crippen molar-refractivity contribution in [3.63, 3.8) is 0 Å². The molecule has 2 aromatic rings. The maximum Gasteiger partial charge on any atom is 0.195 e. The number of hydrogen-bond donors (Lipinski definition) is 2. The predicted octanol–water partition coefficient (Wildman–Crippen LogP) is 3.65. The smallest absolute Gasteiger partial charge is 0.195 e. The number of rotatable bonds is 8. The van der Waals surface area contributed by atoms with Gasteiger partial charge in [-0.1, -0.05) is 31.2 Å². The Kier molecular flexibility index (Phi) is 11.1. The lowest BCUT2D eigenvalue weighted by Gasteiger charge is -2.34. The third kappa shape index (κ3) is 7.25. The van der Waals surface area contributed by atoms with Gasteiger partial charge in [0, 0.05) is 58.1 Å². The normalized spacial score (nSPS) is 15.1. The number of likely N-dealkylation sites (N-methyl/N-ethyl adjacent to an activating group) is 1. The van der Waals surface area contributed by atoms with Crippen molar-refractivity contribution in [1.82, 2.24) is 15.1 Å². The minimum absolute atomic E-state index is 0. The van der Waals surface area contributed by atoms with E-state index in [-0.39, 0.29) is 24.0 Å². The average Bonchev–Trinajstić information content (AvgIpc) is 2.82. The first kappa shape index (κ1) is 26.2. The molecule has 1 saturated heterocycles. The summed E-state index contributed by atoms with van der Waals surface area (Å²) in [6.07, 6.45) is 0. The zero-order valence-corrected chi connectivity index (χ0v) is 21.9. The summed E-state index contributed by atoms with van der Waals surface area (Å²) >= 11 is 0. The number of ether oxygens (including phenoxy) is 2. The number of methoxy groups -OCH3 is 2. The van der Waals surface area contributed by atoms with E-state index in [9.17, 15) is 0 Å². The van der Waals surface area contributed by atoms with E-state index in [1.165, 1.54) is 11.1 Å². The summed E-state index contributed by atoms with van der Waals surface area (Å²) in [6, 6.07) is 14.4. The van der Waals surface area contributed by atoms with Crippen molar-refractivity contribution in [3.8, 4) is 11.5 Å². The molecule has 3 rings (SSSR count). The number of halogens is 1. The molecule has 1 aliphatic rings. The molecular weight excluding hydrogens is 517 g/mol. The van der Waals surface area contributed by atoms with Crippen LogP contribution in [-0.4, -0.2) is 69.8 Å². The van der Waals surface area contributed by atoms with Gasteiger partial charge in [-0.05, 0) is 29.8 Å². The second kappa shape index (κ2) is 13.5. The molecule has 7 nitrogen and oxygen atoms in total. The van der Waals surface area contributed by atoms with Crippen LogP contribution in [0.5, 0.6) is 11.5 Å². The van der Waals surface area contributed by atoms with Crippen LogP contribution in [0.25, 0.3) is 0 Å². The van der Waals surface area contributed by atoms with Gasteiger partial charge in [-0.3, -0.25) is 9.89 Å². The first-order valence-corrected chi connectivity index (χ1v) is 10.9. The van der Waals surface area contributed by atoms with Crippen LogP contribution >= 0.6 is 24.0 Å². The van der Waals surface area contributed by atoms with Gasteiger partial charge in [0.25, 0.3) is 0 Å². The Labute approximate surface area is 209 Å². The Bertz CT molecular complexity index is 869. The van der Waals surface area contributed by atoms with Crippen LogP contribution in [0.4, 0.5) is 5.69 Å².